The Morgan fingerprint density at radius 2 is 1.72 bits per heavy atom. The lowest BCUT2D eigenvalue weighted by Crippen LogP contribution is -2.18. The first-order chi connectivity index (χ1) is 11.9. The van der Waals surface area contributed by atoms with Crippen LogP contribution in [0.4, 0.5) is 0 Å². The predicted octanol–water partition coefficient (Wildman–Crippen LogP) is 5.30. The fourth-order valence-corrected chi connectivity index (χ4v) is 3.34. The number of rotatable bonds is 4. The molecule has 1 amide bonds. The van der Waals surface area contributed by atoms with Gasteiger partial charge in [0.25, 0.3) is 5.91 Å². The van der Waals surface area contributed by atoms with Gasteiger partial charge in [-0.15, -0.1) is 0 Å². The standard InChI is InChI=1S/C18H14Cl3N3O/c1-2-24-16(10-3-5-11(19)6-4-10)15(23-18(24)17(22)25)13-8-7-12(20)9-14(13)21/h3-9H,2H2,1H3,(H2,22,25). The van der Waals surface area contributed by atoms with Crippen LogP contribution in [0.3, 0.4) is 0 Å². The van der Waals surface area contributed by atoms with Crippen LogP contribution in [0.5, 0.6) is 0 Å². The van der Waals surface area contributed by atoms with Crippen molar-refractivity contribution in [3.63, 3.8) is 0 Å². The Morgan fingerprint density at radius 1 is 1.08 bits per heavy atom. The molecule has 0 aliphatic heterocycles. The molecule has 0 radical (unpaired) electrons. The summed E-state index contributed by atoms with van der Waals surface area (Å²) in [5.41, 5.74) is 8.36. The number of carbonyl (C=O) groups excluding carboxylic acids is 1. The summed E-state index contributed by atoms with van der Waals surface area (Å²) >= 11 is 18.4. The summed E-state index contributed by atoms with van der Waals surface area (Å²) in [5, 5.41) is 1.58. The molecule has 0 fully saturated rings. The van der Waals surface area contributed by atoms with Crippen molar-refractivity contribution >= 4 is 40.7 Å². The van der Waals surface area contributed by atoms with Gasteiger partial charge in [-0.2, -0.15) is 0 Å². The summed E-state index contributed by atoms with van der Waals surface area (Å²) < 4.78 is 1.77. The molecule has 0 saturated heterocycles. The highest BCUT2D eigenvalue weighted by atomic mass is 35.5. The van der Waals surface area contributed by atoms with Gasteiger partial charge in [0.05, 0.1) is 16.4 Å². The first-order valence-corrected chi connectivity index (χ1v) is 8.67. The van der Waals surface area contributed by atoms with Gasteiger partial charge in [-0.1, -0.05) is 46.9 Å². The second-order valence-electron chi connectivity index (χ2n) is 5.37. The Labute approximate surface area is 160 Å². The molecule has 4 nitrogen and oxygen atoms in total. The zero-order chi connectivity index (χ0) is 18.1. The zero-order valence-corrected chi connectivity index (χ0v) is 15.5. The van der Waals surface area contributed by atoms with Crippen LogP contribution in [0.2, 0.25) is 15.1 Å². The van der Waals surface area contributed by atoms with Crippen LogP contribution in [-0.4, -0.2) is 15.5 Å². The van der Waals surface area contributed by atoms with E-state index in [4.69, 9.17) is 40.5 Å². The van der Waals surface area contributed by atoms with Crippen molar-refractivity contribution in [2.45, 2.75) is 13.5 Å². The maximum Gasteiger partial charge on any atom is 0.284 e. The highest BCUT2D eigenvalue weighted by Crippen LogP contribution is 2.37. The van der Waals surface area contributed by atoms with Crippen molar-refractivity contribution in [2.24, 2.45) is 5.73 Å². The second-order valence-corrected chi connectivity index (χ2v) is 6.65. The quantitative estimate of drug-likeness (QED) is 0.653. The first kappa shape index (κ1) is 17.8. The average Bonchev–Trinajstić information content (AvgIpc) is 2.95. The Morgan fingerprint density at radius 3 is 2.28 bits per heavy atom. The Hall–Kier alpha value is -2.01. The number of primary amides is 1. The Bertz CT molecular complexity index is 949. The lowest BCUT2D eigenvalue weighted by Gasteiger charge is -2.11. The van der Waals surface area contributed by atoms with E-state index in [1.54, 1.807) is 34.9 Å². The largest absolute Gasteiger partial charge is 0.363 e. The van der Waals surface area contributed by atoms with Gasteiger partial charge in [-0.3, -0.25) is 4.79 Å². The topological polar surface area (TPSA) is 60.9 Å². The molecule has 0 aliphatic rings. The number of hydrogen-bond donors (Lipinski definition) is 1. The molecule has 2 N–H and O–H groups in total. The number of aromatic nitrogens is 2. The van der Waals surface area contributed by atoms with Crippen molar-refractivity contribution in [3.8, 4) is 22.5 Å². The molecule has 0 aliphatic carbocycles. The highest BCUT2D eigenvalue weighted by molar-refractivity contribution is 6.36. The van der Waals surface area contributed by atoms with Crippen LogP contribution < -0.4 is 5.73 Å². The Kier molecular flexibility index (Phi) is 5.04. The maximum absolute atomic E-state index is 11.9. The molecular formula is C18H14Cl3N3O. The molecule has 3 aromatic rings. The van der Waals surface area contributed by atoms with Crippen molar-refractivity contribution < 1.29 is 4.79 Å². The monoisotopic (exact) mass is 393 g/mol. The van der Waals surface area contributed by atoms with Gasteiger partial charge < -0.3 is 10.3 Å². The van der Waals surface area contributed by atoms with Crippen molar-refractivity contribution in [1.29, 1.82) is 0 Å². The van der Waals surface area contributed by atoms with Crippen LogP contribution in [0, 0.1) is 0 Å². The molecule has 128 valence electrons. The molecule has 2 aromatic carbocycles. The number of nitrogens with two attached hydrogens (primary N) is 1. The van der Waals surface area contributed by atoms with Crippen molar-refractivity contribution in [3.05, 3.63) is 63.4 Å². The molecule has 1 heterocycles. The van der Waals surface area contributed by atoms with E-state index in [1.165, 1.54) is 0 Å². The predicted molar refractivity (Wildman–Crippen MR) is 102 cm³/mol. The molecular weight excluding hydrogens is 381 g/mol. The van der Waals surface area contributed by atoms with Crippen molar-refractivity contribution in [1.82, 2.24) is 9.55 Å². The minimum atomic E-state index is -0.603. The number of benzene rings is 2. The van der Waals surface area contributed by atoms with Crippen LogP contribution in [0.1, 0.15) is 17.5 Å². The molecule has 3 rings (SSSR count). The van der Waals surface area contributed by atoms with Crippen LogP contribution in [0.25, 0.3) is 22.5 Å². The van der Waals surface area contributed by atoms with E-state index in [-0.39, 0.29) is 5.82 Å². The fourth-order valence-electron chi connectivity index (χ4n) is 2.72. The third-order valence-corrected chi connectivity index (χ3v) is 4.61. The van der Waals surface area contributed by atoms with E-state index in [2.05, 4.69) is 4.98 Å². The fraction of sp³-hybridized carbons (Fsp3) is 0.111. The number of carbonyl (C=O) groups is 1. The number of nitrogens with zero attached hydrogens (tertiary/aromatic N) is 2. The molecule has 1 aromatic heterocycles. The van der Waals surface area contributed by atoms with E-state index in [1.807, 2.05) is 19.1 Å². The third kappa shape index (κ3) is 3.38. The van der Waals surface area contributed by atoms with E-state index in [0.717, 1.165) is 11.3 Å². The SMILES string of the molecule is CCn1c(C(N)=O)nc(-c2ccc(Cl)cc2Cl)c1-c1ccc(Cl)cc1. The summed E-state index contributed by atoms with van der Waals surface area (Å²) in [7, 11) is 0. The molecule has 25 heavy (non-hydrogen) atoms. The van der Waals surface area contributed by atoms with E-state index in [9.17, 15) is 4.79 Å². The third-order valence-electron chi connectivity index (χ3n) is 3.81. The molecule has 0 unspecified atom stereocenters. The molecule has 0 saturated carbocycles. The molecule has 0 spiro atoms. The number of hydrogen-bond acceptors (Lipinski definition) is 2. The zero-order valence-electron chi connectivity index (χ0n) is 13.3. The van der Waals surface area contributed by atoms with E-state index in [0.29, 0.717) is 32.9 Å². The summed E-state index contributed by atoms with van der Waals surface area (Å²) in [4.78, 5) is 16.3. The van der Waals surface area contributed by atoms with Crippen LogP contribution in [-0.2, 0) is 6.54 Å². The highest BCUT2D eigenvalue weighted by Gasteiger charge is 2.23. The number of amides is 1. The van der Waals surface area contributed by atoms with Gasteiger partial charge in [-0.25, -0.2) is 4.98 Å². The lowest BCUT2D eigenvalue weighted by molar-refractivity contribution is 0.0986. The van der Waals surface area contributed by atoms with Gasteiger partial charge in [0.1, 0.15) is 0 Å². The number of imidazole rings is 1. The van der Waals surface area contributed by atoms with Crippen LogP contribution in [0.15, 0.2) is 42.5 Å². The van der Waals surface area contributed by atoms with Gasteiger partial charge in [0.2, 0.25) is 0 Å². The maximum atomic E-state index is 11.9. The summed E-state index contributed by atoms with van der Waals surface area (Å²) in [6.07, 6.45) is 0. The molecule has 7 heteroatoms. The smallest absolute Gasteiger partial charge is 0.284 e. The summed E-state index contributed by atoms with van der Waals surface area (Å²) in [5.74, 6) is -0.429. The molecule has 0 atom stereocenters. The first-order valence-electron chi connectivity index (χ1n) is 7.54. The van der Waals surface area contributed by atoms with E-state index < -0.39 is 5.91 Å². The van der Waals surface area contributed by atoms with Gasteiger partial charge >= 0.3 is 0 Å². The number of halogens is 3. The van der Waals surface area contributed by atoms with Gasteiger partial charge in [0, 0.05) is 27.7 Å². The van der Waals surface area contributed by atoms with E-state index >= 15 is 0 Å². The minimum Gasteiger partial charge on any atom is -0.363 e. The van der Waals surface area contributed by atoms with Gasteiger partial charge in [-0.05, 0) is 37.3 Å². The summed E-state index contributed by atoms with van der Waals surface area (Å²) in [6.45, 7) is 2.44. The summed E-state index contributed by atoms with van der Waals surface area (Å²) in [6, 6.07) is 12.4. The van der Waals surface area contributed by atoms with Crippen molar-refractivity contribution in [2.75, 3.05) is 0 Å². The second kappa shape index (κ2) is 7.08. The normalized spacial score (nSPS) is 10.9. The average molecular weight is 395 g/mol. The molecule has 0 bridgehead atoms. The minimum absolute atomic E-state index is 0.175. The lowest BCUT2D eigenvalue weighted by atomic mass is 10.0. The van der Waals surface area contributed by atoms with Gasteiger partial charge in [0.15, 0.2) is 5.82 Å². The Balaban J connectivity index is 2.34. The van der Waals surface area contributed by atoms with Crippen LogP contribution >= 0.6 is 34.8 Å².